The Hall–Kier alpha value is -5.46. The van der Waals surface area contributed by atoms with Gasteiger partial charge in [-0.15, -0.1) is 0 Å². The molecule has 0 spiro atoms. The maximum absolute atomic E-state index is 2.80. The van der Waals surface area contributed by atoms with Crippen LogP contribution in [0.15, 0.2) is 97.1 Å². The van der Waals surface area contributed by atoms with E-state index in [1.54, 1.807) is 0 Å². The second-order valence-electron chi connectivity index (χ2n) is 32.4. The Bertz CT molecular complexity index is 3340. The molecule has 0 bridgehead atoms. The molecule has 0 N–H and O–H groups in total. The molecule has 0 heteroatoms. The number of hydrogen-bond donors (Lipinski definition) is 0. The van der Waals surface area contributed by atoms with E-state index in [0.29, 0.717) is 0 Å². The second-order valence-corrected chi connectivity index (χ2v) is 32.4. The van der Waals surface area contributed by atoms with Gasteiger partial charge in [0.05, 0.1) is 0 Å². The summed E-state index contributed by atoms with van der Waals surface area (Å²) in [5.41, 5.74) is 28.2. The number of hydrogen-bond acceptors (Lipinski definition) is 0. The van der Waals surface area contributed by atoms with Crippen LogP contribution >= 0.6 is 0 Å². The summed E-state index contributed by atoms with van der Waals surface area (Å²) < 4.78 is 0. The lowest BCUT2D eigenvalue weighted by Crippen LogP contribution is -2.42. The summed E-state index contributed by atoms with van der Waals surface area (Å²) in [6.45, 7) is 70.0. The van der Waals surface area contributed by atoms with Crippen LogP contribution in [-0.4, -0.2) is 0 Å². The van der Waals surface area contributed by atoms with Crippen molar-refractivity contribution >= 4 is 32.3 Å². The molecule has 0 saturated heterocycles. The molecular weight excluding hydrogens is 1010 g/mol. The second kappa shape index (κ2) is 20.6. The van der Waals surface area contributed by atoms with Crippen molar-refractivity contribution in [2.45, 2.75) is 263 Å². The van der Waals surface area contributed by atoms with Crippen LogP contribution in [0.5, 0.6) is 0 Å². The molecule has 0 heterocycles. The van der Waals surface area contributed by atoms with Crippen LogP contribution in [0.1, 0.15) is 308 Å². The number of rotatable bonds is 12. The Morgan fingerprint density at radius 1 is 0.214 bits per heavy atom. The van der Waals surface area contributed by atoms with E-state index in [-0.39, 0.29) is 79.8 Å². The van der Waals surface area contributed by atoms with Crippen molar-refractivity contribution in [3.8, 4) is 44.5 Å². The highest BCUT2D eigenvalue weighted by molar-refractivity contribution is 6.35. The molecule has 0 radical (unpaired) electrons. The van der Waals surface area contributed by atoms with E-state index in [0.717, 1.165) is 0 Å². The fourth-order valence-electron chi connectivity index (χ4n) is 16.7. The van der Waals surface area contributed by atoms with Gasteiger partial charge >= 0.3 is 0 Å². The fraction of sp³-hybridized carbons (Fsp3) is 0.500. The summed E-state index contributed by atoms with van der Waals surface area (Å²) in [6.07, 6.45) is 0. The molecule has 0 aliphatic heterocycles. The topological polar surface area (TPSA) is 0 Å². The van der Waals surface area contributed by atoms with Crippen LogP contribution in [-0.2, 0) is 21.7 Å². The van der Waals surface area contributed by atoms with Crippen molar-refractivity contribution in [1.82, 2.24) is 0 Å². The van der Waals surface area contributed by atoms with Gasteiger partial charge in [-0.25, -0.2) is 0 Å². The largest absolute Gasteiger partial charge is 0.0617 e. The van der Waals surface area contributed by atoms with E-state index >= 15 is 0 Å². The first-order valence-corrected chi connectivity index (χ1v) is 33.1. The molecule has 0 fully saturated rings. The molecule has 0 unspecified atom stereocenters. The average Bonchev–Trinajstić information content (AvgIpc) is 1.18. The van der Waals surface area contributed by atoms with E-state index in [4.69, 9.17) is 0 Å². The molecule has 0 saturated carbocycles. The van der Waals surface area contributed by atoms with Crippen molar-refractivity contribution < 1.29 is 0 Å². The van der Waals surface area contributed by atoms with E-state index in [1.165, 1.54) is 144 Å². The van der Waals surface area contributed by atoms with Crippen molar-refractivity contribution in [1.29, 1.82) is 0 Å². The van der Waals surface area contributed by atoms with Crippen molar-refractivity contribution in [2.24, 2.45) is 10.8 Å². The lowest BCUT2D eigenvalue weighted by Gasteiger charge is -2.44. The Kier molecular flexibility index (Phi) is 15.1. The van der Waals surface area contributed by atoms with Crippen LogP contribution in [0.3, 0.4) is 0 Å². The zero-order chi connectivity index (χ0) is 61.9. The standard InChI is InChI=1S/C84H108/c1-45(2)53-33-29-34-54(46(3)4)69(53)73-61-41-65-66(80(19,20)83(25,26)79(65,17)18)42-62(61)75(71-57(49(9)10)37-31-38-58(71)50(11)12)78-76(72-59(51(13)14)39-32-40-60(72)52(15)16)64-44-68-67(81(21,22)84(27,28)82(68,23)24)43-63(64)74(77(73)78)70-55(47(5)6)35-30-36-56(70)48(7)8/h29-52H,1-28H3. The average molecular weight is 1120 g/mol. The highest BCUT2D eigenvalue weighted by atomic mass is 14.6. The van der Waals surface area contributed by atoms with Gasteiger partial charge in [0.1, 0.15) is 0 Å². The Morgan fingerprint density at radius 2 is 0.357 bits per heavy atom. The van der Waals surface area contributed by atoms with Gasteiger partial charge in [-0.1, -0.05) is 267 Å². The highest BCUT2D eigenvalue weighted by Crippen LogP contribution is 2.67. The maximum atomic E-state index is 2.80. The van der Waals surface area contributed by atoms with Crippen molar-refractivity contribution in [2.75, 3.05) is 0 Å². The first-order valence-electron chi connectivity index (χ1n) is 33.1. The molecule has 0 aromatic heterocycles. The first kappa shape index (κ1) is 61.6. The normalized spacial score (nSPS) is 17.5. The number of fused-ring (bicyclic) bond motifs is 5. The number of benzene rings is 8. The molecule has 0 nitrogen and oxygen atoms in total. The van der Waals surface area contributed by atoms with Crippen LogP contribution in [0.4, 0.5) is 0 Å². The minimum atomic E-state index is -0.135. The van der Waals surface area contributed by atoms with Crippen LogP contribution in [0.25, 0.3) is 76.8 Å². The van der Waals surface area contributed by atoms with Gasteiger partial charge in [-0.05, 0) is 248 Å². The van der Waals surface area contributed by atoms with Gasteiger partial charge in [0.15, 0.2) is 0 Å². The molecule has 0 atom stereocenters. The van der Waals surface area contributed by atoms with Crippen molar-refractivity contribution in [3.63, 3.8) is 0 Å². The maximum Gasteiger partial charge on any atom is -0.0000963 e. The Balaban J connectivity index is 1.80. The lowest BCUT2D eigenvalue weighted by molar-refractivity contribution is 0.125. The zero-order valence-corrected chi connectivity index (χ0v) is 57.9. The summed E-state index contributed by atoms with van der Waals surface area (Å²) in [4.78, 5) is 0. The summed E-state index contributed by atoms with van der Waals surface area (Å²) in [5, 5.41) is 8.43. The SMILES string of the molecule is CC(C)c1cccc(C(C)C)c1-c1c2cc3c(cc2c(-c2c(C(C)C)cccc2C(C)C)c2c(-c4c(C(C)C)cccc4C(C)C)c4cc5c(cc4c(-c4c(C(C)C)cccc4C(C)C)c12)C(C)(C)C(C)(C)C5(C)C)C(C)(C)C(C)(C)C3(C)C. The van der Waals surface area contributed by atoms with E-state index in [2.05, 4.69) is 291 Å². The first-order chi connectivity index (χ1) is 38.9. The molecule has 84 heavy (non-hydrogen) atoms. The quantitative estimate of drug-likeness (QED) is 0.107. The molecule has 0 amide bonds. The van der Waals surface area contributed by atoms with Gasteiger partial charge in [-0.2, -0.15) is 0 Å². The zero-order valence-electron chi connectivity index (χ0n) is 57.9. The smallest absolute Gasteiger partial charge is 0.0000963 e. The van der Waals surface area contributed by atoms with Gasteiger partial charge in [-0.3, -0.25) is 0 Å². The fourth-order valence-corrected chi connectivity index (χ4v) is 16.7. The molecular formula is C84H108. The van der Waals surface area contributed by atoms with Crippen LogP contribution < -0.4 is 0 Å². The molecule has 2 aliphatic rings. The highest BCUT2D eigenvalue weighted by Gasteiger charge is 2.58. The third-order valence-corrected chi connectivity index (χ3v) is 24.1. The van der Waals surface area contributed by atoms with E-state index in [9.17, 15) is 0 Å². The van der Waals surface area contributed by atoms with Gasteiger partial charge in [0.2, 0.25) is 0 Å². The minimum Gasteiger partial charge on any atom is -0.0617 e. The van der Waals surface area contributed by atoms with Crippen molar-refractivity contribution in [3.05, 3.63) is 164 Å². The minimum absolute atomic E-state index is 0.0546. The molecule has 10 rings (SSSR count). The molecule has 444 valence electrons. The lowest BCUT2D eigenvalue weighted by atomic mass is 9.59. The summed E-state index contributed by atoms with van der Waals surface area (Å²) in [5.74, 6) is 2.12. The Morgan fingerprint density at radius 3 is 0.488 bits per heavy atom. The van der Waals surface area contributed by atoms with E-state index < -0.39 is 0 Å². The van der Waals surface area contributed by atoms with Crippen LogP contribution in [0, 0.1) is 10.8 Å². The summed E-state index contributed by atoms with van der Waals surface area (Å²) >= 11 is 0. The predicted molar refractivity (Wildman–Crippen MR) is 373 cm³/mol. The van der Waals surface area contributed by atoms with Gasteiger partial charge in [0, 0.05) is 0 Å². The monoisotopic (exact) mass is 1120 g/mol. The third kappa shape index (κ3) is 8.51. The predicted octanol–water partition coefficient (Wildman–Crippen LogP) is 26.0. The molecule has 2 aliphatic carbocycles. The Labute approximate surface area is 511 Å². The van der Waals surface area contributed by atoms with Gasteiger partial charge in [0.25, 0.3) is 0 Å². The van der Waals surface area contributed by atoms with Crippen LogP contribution in [0.2, 0.25) is 0 Å². The van der Waals surface area contributed by atoms with E-state index in [1.807, 2.05) is 0 Å². The summed E-state index contributed by atoms with van der Waals surface area (Å²) in [7, 11) is 0. The molecule has 8 aromatic carbocycles. The molecule has 8 aromatic rings. The third-order valence-electron chi connectivity index (χ3n) is 24.1. The summed E-state index contributed by atoms with van der Waals surface area (Å²) in [6, 6.07) is 40.7. The van der Waals surface area contributed by atoms with Gasteiger partial charge < -0.3 is 0 Å².